The van der Waals surface area contributed by atoms with Gasteiger partial charge >= 0.3 is 6.18 Å². The molecule has 1 aromatic heterocycles. The van der Waals surface area contributed by atoms with Gasteiger partial charge in [-0.1, -0.05) is 0 Å². The average molecular weight is 220 g/mol. The van der Waals surface area contributed by atoms with Crippen LogP contribution in [0.1, 0.15) is 30.3 Å². The summed E-state index contributed by atoms with van der Waals surface area (Å²) >= 11 is 0. The van der Waals surface area contributed by atoms with Gasteiger partial charge in [-0.2, -0.15) is 18.3 Å². The molecule has 84 valence electrons. The molecule has 0 aromatic carbocycles. The number of aliphatic hydroxyl groups excluding tert-OH is 1. The first-order valence-corrected chi connectivity index (χ1v) is 4.69. The summed E-state index contributed by atoms with van der Waals surface area (Å²) in [6, 6.07) is 0.718. The van der Waals surface area contributed by atoms with Gasteiger partial charge in [0.1, 0.15) is 5.69 Å². The summed E-state index contributed by atoms with van der Waals surface area (Å²) in [5.41, 5.74) is -0.374. The van der Waals surface area contributed by atoms with Gasteiger partial charge in [-0.15, -0.1) is 0 Å². The lowest BCUT2D eigenvalue weighted by atomic mass is 9.89. The highest BCUT2D eigenvalue weighted by Gasteiger charge is 2.40. The smallest absolute Gasteiger partial charge is 0.393 e. The van der Waals surface area contributed by atoms with Gasteiger partial charge in [-0.05, 0) is 25.8 Å². The Kier molecular flexibility index (Phi) is 2.26. The highest BCUT2D eigenvalue weighted by molar-refractivity contribution is 5.14. The molecule has 2 rings (SSSR count). The van der Waals surface area contributed by atoms with Gasteiger partial charge < -0.3 is 5.11 Å². The maximum atomic E-state index is 12.6. The average Bonchev–Trinajstić information content (AvgIpc) is 2.40. The zero-order chi connectivity index (χ0) is 11.2. The Hall–Kier alpha value is -1.04. The molecule has 1 N–H and O–H groups in total. The SMILES string of the molecule is Cc1cc(C(F)(F)F)n(C2CC(O)C2)n1. The van der Waals surface area contributed by atoms with Gasteiger partial charge in [0, 0.05) is 0 Å². The van der Waals surface area contributed by atoms with E-state index in [0.717, 1.165) is 10.7 Å². The first-order valence-electron chi connectivity index (χ1n) is 4.69. The van der Waals surface area contributed by atoms with Crippen molar-refractivity contribution in [3.63, 3.8) is 0 Å². The zero-order valence-corrected chi connectivity index (χ0v) is 8.12. The second kappa shape index (κ2) is 3.23. The Bertz CT molecular complexity index is 366. The van der Waals surface area contributed by atoms with Crippen LogP contribution in [-0.4, -0.2) is 21.0 Å². The normalized spacial score (nSPS) is 26.5. The number of hydrogen-bond donors (Lipinski definition) is 1. The van der Waals surface area contributed by atoms with E-state index >= 15 is 0 Å². The van der Waals surface area contributed by atoms with Crippen LogP contribution in [-0.2, 0) is 6.18 Å². The minimum absolute atomic E-state index is 0.315. The summed E-state index contributed by atoms with van der Waals surface area (Å²) in [5, 5.41) is 12.9. The molecule has 1 aliphatic carbocycles. The number of rotatable bonds is 1. The quantitative estimate of drug-likeness (QED) is 0.785. The van der Waals surface area contributed by atoms with Gasteiger partial charge in [0.25, 0.3) is 0 Å². The second-order valence-corrected chi connectivity index (χ2v) is 3.89. The third-order valence-corrected chi connectivity index (χ3v) is 2.58. The van der Waals surface area contributed by atoms with Crippen molar-refractivity contribution in [2.45, 2.75) is 38.1 Å². The van der Waals surface area contributed by atoms with Crippen molar-refractivity contribution in [3.8, 4) is 0 Å². The molecule has 1 aliphatic rings. The number of aryl methyl sites for hydroxylation is 1. The van der Waals surface area contributed by atoms with E-state index in [9.17, 15) is 13.2 Å². The van der Waals surface area contributed by atoms with Crippen molar-refractivity contribution in [2.75, 3.05) is 0 Å². The first kappa shape index (κ1) is 10.5. The monoisotopic (exact) mass is 220 g/mol. The second-order valence-electron chi connectivity index (χ2n) is 3.89. The van der Waals surface area contributed by atoms with Crippen LogP contribution >= 0.6 is 0 Å². The third kappa shape index (κ3) is 1.86. The first-order chi connectivity index (χ1) is 6.88. The van der Waals surface area contributed by atoms with Gasteiger partial charge in [0.15, 0.2) is 0 Å². The minimum Gasteiger partial charge on any atom is -0.393 e. The lowest BCUT2D eigenvalue weighted by Gasteiger charge is -2.32. The number of aliphatic hydroxyl groups is 1. The molecule has 0 atom stereocenters. The molecule has 0 unspecified atom stereocenters. The van der Waals surface area contributed by atoms with Crippen molar-refractivity contribution < 1.29 is 18.3 Å². The van der Waals surface area contributed by atoms with Crippen LogP contribution < -0.4 is 0 Å². The molecule has 3 nitrogen and oxygen atoms in total. The molecule has 1 fully saturated rings. The van der Waals surface area contributed by atoms with Crippen LogP contribution in [0.5, 0.6) is 0 Å². The van der Waals surface area contributed by atoms with Gasteiger partial charge in [0.05, 0.1) is 17.8 Å². The number of hydrogen-bond acceptors (Lipinski definition) is 2. The van der Waals surface area contributed by atoms with E-state index in [1.165, 1.54) is 6.92 Å². The van der Waals surface area contributed by atoms with Gasteiger partial charge in [0.2, 0.25) is 0 Å². The molecule has 0 aliphatic heterocycles. The molecule has 0 amide bonds. The fraction of sp³-hybridized carbons (Fsp3) is 0.667. The molecule has 0 spiro atoms. The zero-order valence-electron chi connectivity index (χ0n) is 8.12. The Balaban J connectivity index is 2.30. The maximum Gasteiger partial charge on any atom is 0.433 e. The molecule has 1 heterocycles. The van der Waals surface area contributed by atoms with Crippen molar-refractivity contribution in [3.05, 3.63) is 17.5 Å². The van der Waals surface area contributed by atoms with E-state index in [0.29, 0.717) is 18.5 Å². The van der Waals surface area contributed by atoms with Crippen LogP contribution in [0.4, 0.5) is 13.2 Å². The molecule has 0 bridgehead atoms. The van der Waals surface area contributed by atoms with E-state index < -0.39 is 18.0 Å². The molecular formula is C9H11F3N2O. The van der Waals surface area contributed by atoms with Crippen LogP contribution in [0, 0.1) is 6.92 Å². The molecule has 1 saturated carbocycles. The Morgan fingerprint density at radius 1 is 1.47 bits per heavy atom. The largest absolute Gasteiger partial charge is 0.433 e. The lowest BCUT2D eigenvalue weighted by Crippen LogP contribution is -2.33. The standard InChI is InChI=1S/C9H11F3N2O/c1-5-2-8(9(10,11)12)14(13-5)6-3-7(15)4-6/h2,6-7,15H,3-4H2,1H3. The van der Waals surface area contributed by atoms with Crippen molar-refractivity contribution in [1.29, 1.82) is 0 Å². The fourth-order valence-electron chi connectivity index (χ4n) is 1.77. The topological polar surface area (TPSA) is 38.0 Å². The van der Waals surface area contributed by atoms with Crippen molar-refractivity contribution in [1.82, 2.24) is 9.78 Å². The van der Waals surface area contributed by atoms with Crippen molar-refractivity contribution in [2.24, 2.45) is 0 Å². The number of nitrogens with zero attached hydrogens (tertiary/aromatic N) is 2. The van der Waals surface area contributed by atoms with E-state index in [4.69, 9.17) is 5.11 Å². The van der Waals surface area contributed by atoms with E-state index in [1.54, 1.807) is 0 Å². The molecule has 0 radical (unpaired) electrons. The van der Waals surface area contributed by atoms with Crippen LogP contribution in [0.15, 0.2) is 6.07 Å². The summed E-state index contributed by atoms with van der Waals surface area (Å²) < 4.78 is 38.7. The van der Waals surface area contributed by atoms with Gasteiger partial charge in [-0.25, -0.2) is 0 Å². The van der Waals surface area contributed by atoms with Gasteiger partial charge in [-0.3, -0.25) is 4.68 Å². The maximum absolute atomic E-state index is 12.6. The van der Waals surface area contributed by atoms with E-state index in [1.807, 2.05) is 0 Å². The number of aromatic nitrogens is 2. The molecular weight excluding hydrogens is 209 g/mol. The van der Waals surface area contributed by atoms with Crippen molar-refractivity contribution >= 4 is 0 Å². The highest BCUT2D eigenvalue weighted by atomic mass is 19.4. The Morgan fingerprint density at radius 3 is 2.53 bits per heavy atom. The van der Waals surface area contributed by atoms with Crippen LogP contribution in [0.2, 0.25) is 0 Å². The molecule has 6 heteroatoms. The molecule has 1 aromatic rings. The molecule has 0 saturated heterocycles. The summed E-state index contributed by atoms with van der Waals surface area (Å²) in [5.74, 6) is 0. The van der Waals surface area contributed by atoms with E-state index in [2.05, 4.69) is 5.10 Å². The Morgan fingerprint density at radius 2 is 2.07 bits per heavy atom. The number of alkyl halides is 3. The highest BCUT2D eigenvalue weighted by Crippen LogP contribution is 2.37. The summed E-state index contributed by atoms with van der Waals surface area (Å²) in [7, 11) is 0. The number of halogens is 3. The molecule has 15 heavy (non-hydrogen) atoms. The van der Waals surface area contributed by atoms with Crippen LogP contribution in [0.3, 0.4) is 0 Å². The van der Waals surface area contributed by atoms with Crippen LogP contribution in [0.25, 0.3) is 0 Å². The van der Waals surface area contributed by atoms with E-state index in [-0.39, 0.29) is 6.04 Å². The Labute approximate surface area is 84.5 Å². The minimum atomic E-state index is -4.37. The third-order valence-electron chi connectivity index (χ3n) is 2.58. The summed E-state index contributed by atoms with van der Waals surface area (Å²) in [4.78, 5) is 0. The predicted octanol–water partition coefficient (Wildman–Crippen LogP) is 1.91. The summed E-state index contributed by atoms with van der Waals surface area (Å²) in [6.07, 6.45) is -4.16. The summed E-state index contributed by atoms with van der Waals surface area (Å²) in [6.45, 7) is 1.53. The lowest BCUT2D eigenvalue weighted by molar-refractivity contribution is -0.146. The fourth-order valence-corrected chi connectivity index (χ4v) is 1.77. The predicted molar refractivity (Wildman–Crippen MR) is 46.2 cm³/mol.